The van der Waals surface area contributed by atoms with Crippen LogP contribution in [0.15, 0.2) is 30.5 Å². The molecule has 18 heavy (non-hydrogen) atoms. The summed E-state index contributed by atoms with van der Waals surface area (Å²) in [5.41, 5.74) is 2.11. The summed E-state index contributed by atoms with van der Waals surface area (Å²) < 4.78 is 0. The summed E-state index contributed by atoms with van der Waals surface area (Å²) >= 11 is 0. The van der Waals surface area contributed by atoms with Gasteiger partial charge in [-0.15, -0.1) is 0 Å². The lowest BCUT2D eigenvalue weighted by Crippen LogP contribution is -2.32. The molecule has 96 valence electrons. The molecule has 1 aromatic heterocycles. The fourth-order valence-corrected chi connectivity index (χ4v) is 1.87. The van der Waals surface area contributed by atoms with E-state index in [9.17, 15) is 4.79 Å². The topological polar surface area (TPSA) is 48.1 Å². The van der Waals surface area contributed by atoms with Gasteiger partial charge in [0.05, 0.1) is 6.42 Å². The van der Waals surface area contributed by atoms with Gasteiger partial charge in [-0.25, -0.2) is 0 Å². The summed E-state index contributed by atoms with van der Waals surface area (Å²) in [5.74, 6) is 0.0720. The van der Waals surface area contributed by atoms with Gasteiger partial charge in [0.25, 0.3) is 0 Å². The average Bonchev–Trinajstić information content (AvgIpc) is 2.75. The number of aromatic amines is 1. The summed E-state index contributed by atoms with van der Waals surface area (Å²) in [7, 11) is 3.98. The predicted molar refractivity (Wildman–Crippen MR) is 73.6 cm³/mol. The second-order valence-corrected chi connectivity index (χ2v) is 4.73. The van der Waals surface area contributed by atoms with Gasteiger partial charge in [0.2, 0.25) is 5.91 Å². The zero-order valence-electron chi connectivity index (χ0n) is 10.9. The van der Waals surface area contributed by atoms with Crippen molar-refractivity contribution in [3.8, 4) is 0 Å². The third-order valence-electron chi connectivity index (χ3n) is 2.87. The molecule has 0 saturated carbocycles. The molecule has 1 heterocycles. The third kappa shape index (κ3) is 3.34. The molecule has 0 atom stereocenters. The molecule has 0 unspecified atom stereocenters. The van der Waals surface area contributed by atoms with E-state index in [-0.39, 0.29) is 5.91 Å². The van der Waals surface area contributed by atoms with E-state index in [0.29, 0.717) is 13.0 Å². The smallest absolute Gasteiger partial charge is 0.224 e. The molecule has 0 radical (unpaired) electrons. The number of carbonyl (C=O) groups excluding carboxylic acids is 1. The number of amides is 1. The summed E-state index contributed by atoms with van der Waals surface area (Å²) in [6.07, 6.45) is 2.34. The lowest BCUT2D eigenvalue weighted by atomic mass is 10.1. The van der Waals surface area contributed by atoms with Crippen LogP contribution in [0.2, 0.25) is 0 Å². The van der Waals surface area contributed by atoms with Crippen LogP contribution in [0.1, 0.15) is 5.56 Å². The van der Waals surface area contributed by atoms with E-state index < -0.39 is 0 Å². The number of H-pyrrole nitrogens is 1. The van der Waals surface area contributed by atoms with Crippen molar-refractivity contribution in [2.45, 2.75) is 6.42 Å². The summed E-state index contributed by atoms with van der Waals surface area (Å²) in [6.45, 7) is 1.55. The maximum Gasteiger partial charge on any atom is 0.224 e. The normalized spacial score (nSPS) is 11.1. The number of nitrogens with one attached hydrogen (secondary N) is 2. The minimum atomic E-state index is 0.0720. The first-order valence-corrected chi connectivity index (χ1v) is 6.12. The Balaban J connectivity index is 1.90. The Morgan fingerprint density at radius 3 is 2.94 bits per heavy atom. The van der Waals surface area contributed by atoms with E-state index >= 15 is 0 Å². The minimum absolute atomic E-state index is 0.0720. The van der Waals surface area contributed by atoms with Crippen molar-refractivity contribution >= 4 is 16.8 Å². The third-order valence-corrected chi connectivity index (χ3v) is 2.87. The Kier molecular flexibility index (Phi) is 3.99. The van der Waals surface area contributed by atoms with Gasteiger partial charge in [0.15, 0.2) is 0 Å². The first kappa shape index (κ1) is 12.6. The van der Waals surface area contributed by atoms with Crippen molar-refractivity contribution in [2.75, 3.05) is 27.2 Å². The van der Waals surface area contributed by atoms with Gasteiger partial charge in [0, 0.05) is 24.8 Å². The zero-order chi connectivity index (χ0) is 13.0. The quantitative estimate of drug-likeness (QED) is 0.836. The van der Waals surface area contributed by atoms with Crippen LogP contribution in [0, 0.1) is 0 Å². The van der Waals surface area contributed by atoms with Crippen LogP contribution >= 0.6 is 0 Å². The van der Waals surface area contributed by atoms with Gasteiger partial charge < -0.3 is 15.2 Å². The Morgan fingerprint density at radius 1 is 1.33 bits per heavy atom. The molecule has 4 nitrogen and oxygen atoms in total. The molecule has 0 aliphatic rings. The maximum absolute atomic E-state index is 11.7. The van der Waals surface area contributed by atoms with Crippen LogP contribution in [0.25, 0.3) is 10.9 Å². The molecule has 1 amide bonds. The molecule has 0 saturated heterocycles. The minimum Gasteiger partial charge on any atom is -0.361 e. The highest BCUT2D eigenvalue weighted by Crippen LogP contribution is 2.14. The molecule has 2 rings (SSSR count). The number of rotatable bonds is 5. The van der Waals surface area contributed by atoms with Crippen molar-refractivity contribution in [2.24, 2.45) is 0 Å². The predicted octanol–water partition coefficient (Wildman–Crippen LogP) is 1.39. The van der Waals surface area contributed by atoms with Crippen molar-refractivity contribution in [3.63, 3.8) is 0 Å². The van der Waals surface area contributed by atoms with E-state index in [2.05, 4.69) is 10.3 Å². The number of fused-ring (bicyclic) bond motifs is 1. The number of nitrogens with zero attached hydrogens (tertiary/aromatic N) is 1. The van der Waals surface area contributed by atoms with E-state index in [0.717, 1.165) is 17.6 Å². The molecule has 1 aromatic carbocycles. The Labute approximate surface area is 107 Å². The van der Waals surface area contributed by atoms with Crippen LogP contribution in [0.5, 0.6) is 0 Å². The summed E-state index contributed by atoms with van der Waals surface area (Å²) in [6, 6.07) is 8.09. The molecule has 0 aliphatic heterocycles. The highest BCUT2D eigenvalue weighted by Gasteiger charge is 2.04. The van der Waals surface area contributed by atoms with Crippen LogP contribution in [-0.4, -0.2) is 43.0 Å². The number of hydrogen-bond acceptors (Lipinski definition) is 2. The SMILES string of the molecule is CN(C)CCNC(=O)Cc1ccc2cc[nH]c2c1. The molecule has 0 bridgehead atoms. The zero-order valence-corrected chi connectivity index (χ0v) is 10.9. The highest BCUT2D eigenvalue weighted by atomic mass is 16.1. The monoisotopic (exact) mass is 245 g/mol. The number of benzene rings is 1. The van der Waals surface area contributed by atoms with E-state index in [1.807, 2.05) is 49.5 Å². The number of aromatic nitrogens is 1. The maximum atomic E-state index is 11.7. The van der Waals surface area contributed by atoms with E-state index in [4.69, 9.17) is 0 Å². The van der Waals surface area contributed by atoms with E-state index in [1.165, 1.54) is 5.39 Å². The first-order valence-electron chi connectivity index (χ1n) is 6.12. The van der Waals surface area contributed by atoms with Gasteiger partial charge in [-0.05, 0) is 37.2 Å². The molecule has 0 aliphatic carbocycles. The fourth-order valence-electron chi connectivity index (χ4n) is 1.87. The molecule has 2 N–H and O–H groups in total. The van der Waals surface area contributed by atoms with Crippen LogP contribution in [0.4, 0.5) is 0 Å². The van der Waals surface area contributed by atoms with Crippen molar-refractivity contribution in [3.05, 3.63) is 36.0 Å². The van der Waals surface area contributed by atoms with Crippen molar-refractivity contribution in [1.29, 1.82) is 0 Å². The van der Waals surface area contributed by atoms with Crippen LogP contribution in [0.3, 0.4) is 0 Å². The second kappa shape index (κ2) is 5.69. The number of likely N-dealkylation sites (N-methyl/N-ethyl adjacent to an activating group) is 1. The number of carbonyl (C=O) groups is 1. The molecule has 0 fully saturated rings. The van der Waals surface area contributed by atoms with Crippen LogP contribution < -0.4 is 5.32 Å². The lowest BCUT2D eigenvalue weighted by Gasteiger charge is -2.10. The molecular weight excluding hydrogens is 226 g/mol. The van der Waals surface area contributed by atoms with E-state index in [1.54, 1.807) is 0 Å². The highest BCUT2D eigenvalue weighted by molar-refractivity contribution is 5.83. The Morgan fingerprint density at radius 2 is 2.17 bits per heavy atom. The number of hydrogen-bond donors (Lipinski definition) is 2. The van der Waals surface area contributed by atoms with Crippen molar-refractivity contribution < 1.29 is 4.79 Å². The van der Waals surface area contributed by atoms with Gasteiger partial charge in [-0.1, -0.05) is 12.1 Å². The van der Waals surface area contributed by atoms with Gasteiger partial charge in [0.1, 0.15) is 0 Å². The molecular formula is C14H19N3O. The fraction of sp³-hybridized carbons (Fsp3) is 0.357. The lowest BCUT2D eigenvalue weighted by molar-refractivity contribution is -0.120. The standard InChI is InChI=1S/C14H19N3O/c1-17(2)8-7-16-14(18)10-11-3-4-12-5-6-15-13(12)9-11/h3-6,9,15H,7-8,10H2,1-2H3,(H,16,18). The average molecular weight is 245 g/mol. The van der Waals surface area contributed by atoms with Crippen molar-refractivity contribution in [1.82, 2.24) is 15.2 Å². The molecule has 0 spiro atoms. The molecule has 2 aromatic rings. The first-order chi connectivity index (χ1) is 8.65. The summed E-state index contributed by atoms with van der Waals surface area (Å²) in [5, 5.41) is 4.09. The Hall–Kier alpha value is -1.81. The summed E-state index contributed by atoms with van der Waals surface area (Å²) in [4.78, 5) is 16.9. The van der Waals surface area contributed by atoms with Gasteiger partial charge in [-0.3, -0.25) is 4.79 Å². The molecule has 4 heteroatoms. The largest absolute Gasteiger partial charge is 0.361 e. The second-order valence-electron chi connectivity index (χ2n) is 4.73. The Bertz CT molecular complexity index is 531. The van der Waals surface area contributed by atoms with Crippen LogP contribution in [-0.2, 0) is 11.2 Å². The van der Waals surface area contributed by atoms with Gasteiger partial charge in [-0.2, -0.15) is 0 Å². The van der Waals surface area contributed by atoms with Gasteiger partial charge >= 0.3 is 0 Å².